The van der Waals surface area contributed by atoms with Crippen LogP contribution < -0.4 is 15.8 Å². The summed E-state index contributed by atoms with van der Waals surface area (Å²) in [4.78, 5) is 28.7. The van der Waals surface area contributed by atoms with Crippen molar-refractivity contribution in [2.24, 2.45) is 0 Å². The van der Waals surface area contributed by atoms with E-state index < -0.39 is 0 Å². The third-order valence-electron chi connectivity index (χ3n) is 5.49. The summed E-state index contributed by atoms with van der Waals surface area (Å²) in [7, 11) is 0. The van der Waals surface area contributed by atoms with E-state index in [0.29, 0.717) is 17.8 Å². The molecule has 1 amide bonds. The van der Waals surface area contributed by atoms with Crippen molar-refractivity contribution in [3.8, 4) is 0 Å². The topological polar surface area (TPSA) is 81.3 Å². The largest absolute Gasteiger partial charge is 0.352 e. The van der Waals surface area contributed by atoms with E-state index in [1.807, 2.05) is 29.2 Å². The fraction of sp³-hybridized carbons (Fsp3) is 0.526. The van der Waals surface area contributed by atoms with Gasteiger partial charge in [0.15, 0.2) is 5.82 Å². The Hall–Kier alpha value is -2.41. The Morgan fingerprint density at radius 2 is 1.92 bits per heavy atom. The molecule has 0 aliphatic carbocycles. The zero-order valence-corrected chi connectivity index (χ0v) is 14.9. The molecular formula is C19H25N5O2. The molecule has 0 unspecified atom stereocenters. The molecule has 0 radical (unpaired) electrons. The molecule has 1 aromatic carbocycles. The normalized spacial score (nSPS) is 20.7. The number of fused-ring (bicyclic) bond motifs is 1. The Balaban J connectivity index is 1.49. The van der Waals surface area contributed by atoms with Crippen LogP contribution in [0.3, 0.4) is 0 Å². The number of piperazine rings is 1. The van der Waals surface area contributed by atoms with Crippen molar-refractivity contribution in [2.45, 2.75) is 31.7 Å². The number of benzene rings is 1. The molecule has 7 heteroatoms. The van der Waals surface area contributed by atoms with Gasteiger partial charge in [-0.2, -0.15) is 5.10 Å². The van der Waals surface area contributed by atoms with Gasteiger partial charge in [0.05, 0.1) is 5.39 Å². The Kier molecular flexibility index (Phi) is 4.88. The van der Waals surface area contributed by atoms with Crippen LogP contribution in [0.5, 0.6) is 0 Å². The molecule has 2 aromatic rings. The molecule has 4 rings (SSSR count). The minimum absolute atomic E-state index is 0.158. The molecule has 0 bridgehead atoms. The maximum Gasteiger partial charge on any atom is 0.272 e. The molecule has 26 heavy (non-hydrogen) atoms. The van der Waals surface area contributed by atoms with Crippen LogP contribution in [0.2, 0.25) is 0 Å². The minimum atomic E-state index is -0.158. The summed E-state index contributed by atoms with van der Waals surface area (Å²) < 4.78 is 0. The molecule has 1 atom stereocenters. The highest BCUT2D eigenvalue weighted by Crippen LogP contribution is 2.30. The number of carbonyl (C=O) groups excluding carboxylic acids is 1. The van der Waals surface area contributed by atoms with E-state index in [1.54, 1.807) is 0 Å². The van der Waals surface area contributed by atoms with E-state index in [1.165, 1.54) is 0 Å². The van der Waals surface area contributed by atoms with Crippen molar-refractivity contribution in [1.29, 1.82) is 0 Å². The van der Waals surface area contributed by atoms with Crippen LogP contribution in [0.25, 0.3) is 10.8 Å². The number of anilines is 1. The van der Waals surface area contributed by atoms with Crippen molar-refractivity contribution in [3.05, 3.63) is 34.6 Å². The lowest BCUT2D eigenvalue weighted by molar-refractivity contribution is -0.131. The quantitative estimate of drug-likeness (QED) is 0.858. The number of hydrogen-bond donors (Lipinski definition) is 2. The van der Waals surface area contributed by atoms with Gasteiger partial charge in [0.25, 0.3) is 5.56 Å². The van der Waals surface area contributed by atoms with Gasteiger partial charge in [-0.15, -0.1) is 0 Å². The van der Waals surface area contributed by atoms with Crippen LogP contribution in [0, 0.1) is 0 Å². The van der Waals surface area contributed by atoms with Crippen LogP contribution in [0.4, 0.5) is 5.82 Å². The van der Waals surface area contributed by atoms with Crippen molar-refractivity contribution in [2.75, 3.05) is 37.6 Å². The molecular weight excluding hydrogens is 330 g/mol. The lowest BCUT2D eigenvalue weighted by Gasteiger charge is -2.29. The second-order valence-electron chi connectivity index (χ2n) is 7.08. The zero-order chi connectivity index (χ0) is 17.9. The fourth-order valence-corrected chi connectivity index (χ4v) is 4.10. The Morgan fingerprint density at radius 3 is 2.73 bits per heavy atom. The van der Waals surface area contributed by atoms with Crippen LogP contribution in [0.15, 0.2) is 29.1 Å². The van der Waals surface area contributed by atoms with E-state index in [4.69, 9.17) is 0 Å². The number of aromatic amines is 1. The van der Waals surface area contributed by atoms with E-state index in [0.717, 1.165) is 63.2 Å². The monoisotopic (exact) mass is 355 g/mol. The van der Waals surface area contributed by atoms with Crippen LogP contribution in [0.1, 0.15) is 25.7 Å². The van der Waals surface area contributed by atoms with Crippen LogP contribution >= 0.6 is 0 Å². The average molecular weight is 355 g/mol. The van der Waals surface area contributed by atoms with Crippen molar-refractivity contribution >= 4 is 22.5 Å². The lowest BCUT2D eigenvalue weighted by atomic mass is 10.1. The molecule has 2 saturated heterocycles. The molecule has 2 aliphatic heterocycles. The molecule has 1 aromatic heterocycles. The molecule has 0 saturated carbocycles. The number of aromatic nitrogens is 2. The van der Waals surface area contributed by atoms with Gasteiger partial charge in [-0.25, -0.2) is 5.10 Å². The second kappa shape index (κ2) is 7.45. The van der Waals surface area contributed by atoms with Crippen molar-refractivity contribution in [3.63, 3.8) is 0 Å². The summed E-state index contributed by atoms with van der Waals surface area (Å²) in [5.41, 5.74) is -0.158. The first-order chi connectivity index (χ1) is 12.7. The molecule has 2 aliphatic rings. The second-order valence-corrected chi connectivity index (χ2v) is 7.08. The maximum atomic E-state index is 12.5. The summed E-state index contributed by atoms with van der Waals surface area (Å²) in [5.74, 6) is 1.08. The highest BCUT2D eigenvalue weighted by molar-refractivity contribution is 5.91. The third kappa shape index (κ3) is 3.31. The predicted octanol–water partition coefficient (Wildman–Crippen LogP) is 1.10. The Morgan fingerprint density at radius 1 is 1.15 bits per heavy atom. The summed E-state index contributed by atoms with van der Waals surface area (Å²) in [6.45, 7) is 4.29. The lowest BCUT2D eigenvalue weighted by Crippen LogP contribution is -2.46. The molecule has 0 spiro atoms. The smallest absolute Gasteiger partial charge is 0.272 e. The SMILES string of the molecule is O=C(CC[C@@H]1CCCN1c1n[nH]c(=O)c2ccccc12)N1CCNCC1. The van der Waals surface area contributed by atoms with Crippen LogP contribution in [-0.4, -0.2) is 59.8 Å². The average Bonchev–Trinajstić information content (AvgIpc) is 3.16. The maximum absolute atomic E-state index is 12.5. The molecule has 2 fully saturated rings. The van der Waals surface area contributed by atoms with Gasteiger partial charge in [-0.1, -0.05) is 18.2 Å². The molecule has 138 valence electrons. The predicted molar refractivity (Wildman–Crippen MR) is 101 cm³/mol. The first-order valence-corrected chi connectivity index (χ1v) is 9.46. The van der Waals surface area contributed by atoms with Gasteiger partial charge in [-0.3, -0.25) is 9.59 Å². The van der Waals surface area contributed by atoms with E-state index >= 15 is 0 Å². The van der Waals surface area contributed by atoms with Gasteiger partial charge in [0.1, 0.15) is 0 Å². The standard InChI is InChI=1S/C19H25N5O2/c25-17(23-12-9-20-10-13-23)8-7-14-4-3-11-24(14)18-15-5-1-2-6-16(15)19(26)22-21-18/h1-2,5-6,14,20H,3-4,7-13H2,(H,22,26)/t14-/m0/s1. The van der Waals surface area contributed by atoms with E-state index in [9.17, 15) is 9.59 Å². The first kappa shape index (κ1) is 17.0. The summed E-state index contributed by atoms with van der Waals surface area (Å²) >= 11 is 0. The number of nitrogens with one attached hydrogen (secondary N) is 2. The van der Waals surface area contributed by atoms with Gasteiger partial charge in [0.2, 0.25) is 5.91 Å². The van der Waals surface area contributed by atoms with E-state index in [2.05, 4.69) is 20.4 Å². The Labute approximate surface area is 152 Å². The number of hydrogen-bond acceptors (Lipinski definition) is 5. The van der Waals surface area contributed by atoms with Gasteiger partial charge < -0.3 is 15.1 Å². The number of H-pyrrole nitrogens is 1. The van der Waals surface area contributed by atoms with Crippen molar-refractivity contribution in [1.82, 2.24) is 20.4 Å². The minimum Gasteiger partial charge on any atom is -0.352 e. The van der Waals surface area contributed by atoms with Gasteiger partial charge >= 0.3 is 0 Å². The molecule has 7 nitrogen and oxygen atoms in total. The Bertz CT molecular complexity index is 843. The van der Waals surface area contributed by atoms with Gasteiger partial charge in [0, 0.05) is 50.6 Å². The molecule has 3 heterocycles. The summed E-state index contributed by atoms with van der Waals surface area (Å²) in [6.07, 6.45) is 3.55. The summed E-state index contributed by atoms with van der Waals surface area (Å²) in [6, 6.07) is 7.89. The number of nitrogens with zero attached hydrogens (tertiary/aromatic N) is 3. The van der Waals surface area contributed by atoms with E-state index in [-0.39, 0.29) is 11.5 Å². The number of rotatable bonds is 4. The fourth-order valence-electron chi connectivity index (χ4n) is 4.10. The number of amides is 1. The van der Waals surface area contributed by atoms with Gasteiger partial charge in [-0.05, 0) is 25.3 Å². The third-order valence-corrected chi connectivity index (χ3v) is 5.49. The number of carbonyl (C=O) groups is 1. The summed E-state index contributed by atoms with van der Waals surface area (Å²) in [5, 5.41) is 11.8. The first-order valence-electron chi connectivity index (χ1n) is 9.46. The van der Waals surface area contributed by atoms with Crippen LogP contribution in [-0.2, 0) is 4.79 Å². The highest BCUT2D eigenvalue weighted by atomic mass is 16.2. The van der Waals surface area contributed by atoms with Crippen molar-refractivity contribution < 1.29 is 4.79 Å². The highest BCUT2D eigenvalue weighted by Gasteiger charge is 2.28. The zero-order valence-electron chi connectivity index (χ0n) is 14.9. The molecule has 2 N–H and O–H groups in total.